The minimum Gasteiger partial charge on any atom is -0.354 e. The Hall–Kier alpha value is -1.77. The van der Waals surface area contributed by atoms with Crippen LogP contribution in [0.15, 0.2) is 17.4 Å². The van der Waals surface area contributed by atoms with Crippen molar-refractivity contribution in [1.29, 1.82) is 0 Å². The fraction of sp³-hybridized carbons (Fsp3) is 0.750. The van der Waals surface area contributed by atoms with Gasteiger partial charge in [0.2, 0.25) is 0 Å². The van der Waals surface area contributed by atoms with Gasteiger partial charge in [-0.2, -0.15) is 16.9 Å². The molecule has 0 radical (unpaired) electrons. The van der Waals surface area contributed by atoms with E-state index < -0.39 is 4.92 Å². The molecule has 1 aliphatic carbocycles. The molecule has 2 heterocycles. The summed E-state index contributed by atoms with van der Waals surface area (Å²) in [6.45, 7) is 3.28. The van der Waals surface area contributed by atoms with Gasteiger partial charge >= 0.3 is 5.69 Å². The Labute approximate surface area is 152 Å². The van der Waals surface area contributed by atoms with Crippen molar-refractivity contribution in [2.45, 2.75) is 43.4 Å². The monoisotopic (exact) mass is 366 g/mol. The lowest BCUT2D eigenvalue weighted by atomic mass is 9.87. The molecular formula is C16H26N6O2S. The lowest BCUT2D eigenvalue weighted by Crippen LogP contribution is -2.53. The largest absolute Gasteiger partial charge is 0.354 e. The number of rotatable bonds is 4. The van der Waals surface area contributed by atoms with Gasteiger partial charge in [0.1, 0.15) is 12.4 Å². The molecular weight excluding hydrogens is 340 g/mol. The molecule has 0 aromatic carbocycles. The lowest BCUT2D eigenvalue weighted by Gasteiger charge is -2.45. The van der Waals surface area contributed by atoms with E-state index in [1.165, 1.54) is 44.5 Å². The van der Waals surface area contributed by atoms with E-state index in [0.29, 0.717) is 17.8 Å². The number of hydrogen-bond donors (Lipinski definition) is 1. The minimum atomic E-state index is -0.426. The van der Waals surface area contributed by atoms with Crippen LogP contribution in [0.1, 0.15) is 32.1 Å². The highest BCUT2D eigenvalue weighted by Gasteiger charge is 2.38. The second kappa shape index (κ2) is 8.07. The smallest absolute Gasteiger partial charge is 0.306 e. The van der Waals surface area contributed by atoms with Crippen molar-refractivity contribution in [3.63, 3.8) is 0 Å². The van der Waals surface area contributed by atoms with Gasteiger partial charge in [-0.1, -0.05) is 19.3 Å². The third kappa shape index (κ3) is 4.45. The molecule has 3 rings (SSSR count). The number of nitro groups is 1. The number of aromatic nitrogens is 2. The van der Waals surface area contributed by atoms with Crippen LogP contribution >= 0.6 is 11.8 Å². The molecule has 8 nitrogen and oxygen atoms in total. The maximum Gasteiger partial charge on any atom is 0.306 e. The van der Waals surface area contributed by atoms with Crippen molar-refractivity contribution in [3.8, 4) is 0 Å². The summed E-state index contributed by atoms with van der Waals surface area (Å²) in [5, 5.41) is 18.1. The zero-order valence-electron chi connectivity index (χ0n) is 14.7. The van der Waals surface area contributed by atoms with Gasteiger partial charge in [0.15, 0.2) is 5.96 Å². The molecule has 25 heavy (non-hydrogen) atoms. The van der Waals surface area contributed by atoms with Gasteiger partial charge in [0, 0.05) is 37.2 Å². The number of nitrogens with zero attached hydrogens (tertiary/aromatic N) is 5. The molecule has 1 saturated heterocycles. The molecule has 1 aliphatic heterocycles. The van der Waals surface area contributed by atoms with Crippen LogP contribution in [0.4, 0.5) is 5.69 Å². The summed E-state index contributed by atoms with van der Waals surface area (Å²) in [5.74, 6) is 2.07. The standard InChI is InChI=1S/C16H26N6O2S/c1-17-15(18-7-8-21-12-14(11-19-21)22(23)24)20-9-10-25-16(13-20)5-3-2-4-6-16/h11-12H,2-10,13H2,1H3,(H,17,18). The Balaban J connectivity index is 1.52. The Morgan fingerprint density at radius 2 is 2.28 bits per heavy atom. The summed E-state index contributed by atoms with van der Waals surface area (Å²) in [6.07, 6.45) is 9.40. The highest BCUT2D eigenvalue weighted by molar-refractivity contribution is 8.00. The van der Waals surface area contributed by atoms with E-state index in [1.54, 1.807) is 4.68 Å². The quantitative estimate of drug-likeness (QED) is 0.380. The van der Waals surface area contributed by atoms with Crippen molar-refractivity contribution in [3.05, 3.63) is 22.5 Å². The summed E-state index contributed by atoms with van der Waals surface area (Å²) < 4.78 is 1.99. The van der Waals surface area contributed by atoms with Crippen molar-refractivity contribution >= 4 is 23.4 Å². The van der Waals surface area contributed by atoms with Gasteiger partial charge in [-0.3, -0.25) is 19.8 Å². The topological polar surface area (TPSA) is 88.6 Å². The van der Waals surface area contributed by atoms with Gasteiger partial charge in [-0.15, -0.1) is 0 Å². The van der Waals surface area contributed by atoms with E-state index in [0.717, 1.165) is 24.8 Å². The van der Waals surface area contributed by atoms with Crippen LogP contribution < -0.4 is 5.32 Å². The summed E-state index contributed by atoms with van der Waals surface area (Å²) >= 11 is 2.14. The van der Waals surface area contributed by atoms with Crippen LogP contribution in [0, 0.1) is 10.1 Å². The van der Waals surface area contributed by atoms with E-state index in [4.69, 9.17) is 0 Å². The molecule has 9 heteroatoms. The van der Waals surface area contributed by atoms with Crippen molar-refractivity contribution in [1.82, 2.24) is 20.0 Å². The first kappa shape index (κ1) is 18.0. The van der Waals surface area contributed by atoms with Gasteiger partial charge < -0.3 is 10.2 Å². The third-order valence-corrected chi connectivity index (χ3v) is 6.52. The molecule has 138 valence electrons. The third-order valence-electron chi connectivity index (χ3n) is 4.98. The molecule has 1 N–H and O–H groups in total. The molecule has 0 amide bonds. The molecule has 0 bridgehead atoms. The SMILES string of the molecule is CN=C(NCCn1cc([N+](=O)[O-])cn1)N1CCSC2(CCCCC2)C1. The van der Waals surface area contributed by atoms with Crippen molar-refractivity contribution in [2.75, 3.05) is 32.4 Å². The van der Waals surface area contributed by atoms with Crippen LogP contribution in [0.2, 0.25) is 0 Å². The zero-order chi connectivity index (χ0) is 17.7. The van der Waals surface area contributed by atoms with Crippen LogP contribution in [-0.4, -0.2) is 62.7 Å². The first-order valence-corrected chi connectivity index (χ1v) is 9.87. The fourth-order valence-electron chi connectivity index (χ4n) is 3.71. The first-order valence-electron chi connectivity index (χ1n) is 8.88. The average molecular weight is 366 g/mol. The first-order chi connectivity index (χ1) is 12.1. The highest BCUT2D eigenvalue weighted by atomic mass is 32.2. The van der Waals surface area contributed by atoms with Gasteiger partial charge in [0.05, 0.1) is 11.5 Å². The van der Waals surface area contributed by atoms with E-state index in [-0.39, 0.29) is 5.69 Å². The average Bonchev–Trinajstić information content (AvgIpc) is 3.09. The number of thioether (sulfide) groups is 1. The van der Waals surface area contributed by atoms with Crippen molar-refractivity contribution < 1.29 is 4.92 Å². The molecule has 2 aliphatic rings. The van der Waals surface area contributed by atoms with E-state index in [9.17, 15) is 10.1 Å². The van der Waals surface area contributed by atoms with E-state index in [1.807, 2.05) is 7.05 Å². The normalized spacial score (nSPS) is 20.7. The maximum atomic E-state index is 10.7. The number of nitrogens with one attached hydrogen (secondary N) is 1. The number of guanidine groups is 1. The summed E-state index contributed by atoms with van der Waals surface area (Å²) in [6, 6.07) is 0. The molecule has 1 spiro atoms. The number of aliphatic imine (C=N–C) groups is 1. The Kier molecular flexibility index (Phi) is 5.82. The van der Waals surface area contributed by atoms with Gasteiger partial charge in [0.25, 0.3) is 0 Å². The van der Waals surface area contributed by atoms with Crippen LogP contribution in [-0.2, 0) is 6.54 Å². The van der Waals surface area contributed by atoms with Crippen LogP contribution in [0.3, 0.4) is 0 Å². The van der Waals surface area contributed by atoms with Gasteiger partial charge in [-0.05, 0) is 12.8 Å². The minimum absolute atomic E-state index is 0.0247. The molecule has 0 unspecified atom stereocenters. The molecule has 1 aromatic heterocycles. The Morgan fingerprint density at radius 3 is 2.96 bits per heavy atom. The van der Waals surface area contributed by atoms with Crippen LogP contribution in [0.25, 0.3) is 0 Å². The number of hydrogen-bond acceptors (Lipinski definition) is 5. The second-order valence-electron chi connectivity index (χ2n) is 6.71. The summed E-state index contributed by atoms with van der Waals surface area (Å²) in [7, 11) is 1.82. The predicted molar refractivity (Wildman–Crippen MR) is 100 cm³/mol. The van der Waals surface area contributed by atoms with E-state index >= 15 is 0 Å². The molecule has 1 aromatic rings. The molecule has 1 saturated carbocycles. The fourth-order valence-corrected chi connectivity index (χ4v) is 5.28. The van der Waals surface area contributed by atoms with Crippen LogP contribution in [0.5, 0.6) is 0 Å². The molecule has 0 atom stereocenters. The Morgan fingerprint density at radius 1 is 1.48 bits per heavy atom. The molecule has 2 fully saturated rings. The predicted octanol–water partition coefficient (Wildman–Crippen LogP) is 2.12. The highest BCUT2D eigenvalue weighted by Crippen LogP contribution is 2.42. The summed E-state index contributed by atoms with van der Waals surface area (Å²) in [5.41, 5.74) is 0.0247. The second-order valence-corrected chi connectivity index (χ2v) is 8.27. The lowest BCUT2D eigenvalue weighted by molar-refractivity contribution is -0.385. The van der Waals surface area contributed by atoms with Gasteiger partial charge in [-0.25, -0.2) is 0 Å². The van der Waals surface area contributed by atoms with Crippen molar-refractivity contribution in [2.24, 2.45) is 4.99 Å². The Bertz CT molecular complexity index is 620. The maximum absolute atomic E-state index is 10.7. The summed E-state index contributed by atoms with van der Waals surface area (Å²) in [4.78, 5) is 17.1. The van der Waals surface area contributed by atoms with E-state index in [2.05, 4.69) is 32.1 Å². The zero-order valence-corrected chi connectivity index (χ0v) is 15.5.